The predicted octanol–water partition coefficient (Wildman–Crippen LogP) is 3.97. The van der Waals surface area contributed by atoms with Crippen LogP contribution < -0.4 is 4.90 Å². The third kappa shape index (κ3) is 4.65. The molecule has 1 saturated heterocycles. The van der Waals surface area contributed by atoms with E-state index in [-0.39, 0.29) is 11.8 Å². The summed E-state index contributed by atoms with van der Waals surface area (Å²) >= 11 is 1.45. The number of nitrogens with zero attached hydrogens (tertiary/aromatic N) is 4. The zero-order chi connectivity index (χ0) is 20.1. The van der Waals surface area contributed by atoms with Crippen LogP contribution in [-0.2, 0) is 11.2 Å². The predicted molar refractivity (Wildman–Crippen MR) is 117 cm³/mol. The first-order valence-electron chi connectivity index (χ1n) is 10.2. The first-order chi connectivity index (χ1) is 14.2. The Bertz CT molecular complexity index is 920. The van der Waals surface area contributed by atoms with Crippen LogP contribution in [0.25, 0.3) is 0 Å². The highest BCUT2D eigenvalue weighted by Crippen LogP contribution is 2.25. The van der Waals surface area contributed by atoms with Crippen LogP contribution in [0.1, 0.15) is 36.2 Å². The van der Waals surface area contributed by atoms with E-state index >= 15 is 0 Å². The summed E-state index contributed by atoms with van der Waals surface area (Å²) in [7, 11) is 0. The Kier molecular flexibility index (Phi) is 6.20. The van der Waals surface area contributed by atoms with Crippen molar-refractivity contribution in [3.63, 3.8) is 0 Å². The molecule has 2 aromatic carbocycles. The van der Waals surface area contributed by atoms with Gasteiger partial charge in [0.25, 0.3) is 0 Å². The van der Waals surface area contributed by atoms with Crippen molar-refractivity contribution in [3.05, 3.63) is 77.6 Å². The Morgan fingerprint density at radius 1 is 1.00 bits per heavy atom. The topological polar surface area (TPSA) is 49.3 Å². The second-order valence-electron chi connectivity index (χ2n) is 7.34. The zero-order valence-electron chi connectivity index (χ0n) is 16.7. The van der Waals surface area contributed by atoms with Crippen LogP contribution in [0.4, 0.5) is 5.13 Å². The fourth-order valence-corrected chi connectivity index (χ4v) is 4.54. The normalized spacial score (nSPS) is 15.3. The SMILES string of the molecule is CC[C@H](C(=O)N1CCN(c2nc(Cc3ccccc3)ns2)CC1)c1ccccc1. The molecule has 0 aliphatic carbocycles. The molecule has 1 fully saturated rings. The lowest BCUT2D eigenvalue weighted by Gasteiger charge is -2.36. The van der Waals surface area contributed by atoms with E-state index in [9.17, 15) is 4.79 Å². The number of rotatable bonds is 6. The van der Waals surface area contributed by atoms with Crippen molar-refractivity contribution >= 4 is 22.6 Å². The maximum absolute atomic E-state index is 13.1. The van der Waals surface area contributed by atoms with Gasteiger partial charge in [-0.2, -0.15) is 4.37 Å². The van der Waals surface area contributed by atoms with E-state index in [1.165, 1.54) is 17.1 Å². The highest BCUT2D eigenvalue weighted by atomic mass is 32.1. The van der Waals surface area contributed by atoms with Crippen molar-refractivity contribution < 1.29 is 4.79 Å². The molecule has 0 bridgehead atoms. The molecular formula is C23H26N4OS. The first-order valence-corrected chi connectivity index (χ1v) is 11.0. The molecule has 1 amide bonds. The summed E-state index contributed by atoms with van der Waals surface area (Å²) in [6, 6.07) is 20.4. The van der Waals surface area contributed by atoms with Gasteiger partial charge in [-0.3, -0.25) is 4.79 Å². The van der Waals surface area contributed by atoms with Crippen molar-refractivity contribution in [2.24, 2.45) is 0 Å². The Hall–Kier alpha value is -2.73. The van der Waals surface area contributed by atoms with Crippen LogP contribution in [0.3, 0.4) is 0 Å². The summed E-state index contributed by atoms with van der Waals surface area (Å²) in [5.74, 6) is 1.05. The van der Waals surface area contributed by atoms with E-state index < -0.39 is 0 Å². The maximum atomic E-state index is 13.1. The average Bonchev–Trinajstić information content (AvgIpc) is 3.24. The van der Waals surface area contributed by atoms with Crippen LogP contribution in [0.15, 0.2) is 60.7 Å². The van der Waals surface area contributed by atoms with Gasteiger partial charge in [0.15, 0.2) is 0 Å². The number of anilines is 1. The molecule has 5 nitrogen and oxygen atoms in total. The zero-order valence-corrected chi connectivity index (χ0v) is 17.5. The molecule has 6 heteroatoms. The molecule has 0 spiro atoms. The van der Waals surface area contributed by atoms with Crippen LogP contribution in [0, 0.1) is 0 Å². The molecule has 0 unspecified atom stereocenters. The highest BCUT2D eigenvalue weighted by molar-refractivity contribution is 7.09. The molecule has 2 heterocycles. The summed E-state index contributed by atoms with van der Waals surface area (Å²) in [6.45, 7) is 5.15. The summed E-state index contributed by atoms with van der Waals surface area (Å²) in [5, 5.41) is 0.957. The Morgan fingerprint density at radius 2 is 1.66 bits per heavy atom. The highest BCUT2D eigenvalue weighted by Gasteiger charge is 2.28. The maximum Gasteiger partial charge on any atom is 0.230 e. The standard InChI is InChI=1S/C23H26N4OS/c1-2-20(19-11-7-4-8-12-19)22(28)26-13-15-27(16-14-26)23-24-21(25-29-23)17-18-9-5-3-6-10-18/h3-12,20H,2,13-17H2,1H3/t20-/m0/s1. The van der Waals surface area contributed by atoms with Crippen molar-refractivity contribution in [2.45, 2.75) is 25.7 Å². The minimum Gasteiger partial charge on any atom is -0.343 e. The van der Waals surface area contributed by atoms with Gasteiger partial charge >= 0.3 is 0 Å². The van der Waals surface area contributed by atoms with Gasteiger partial charge in [0.05, 0.1) is 5.92 Å². The van der Waals surface area contributed by atoms with Gasteiger partial charge in [-0.15, -0.1) is 0 Å². The van der Waals surface area contributed by atoms with E-state index in [1.54, 1.807) is 0 Å². The number of hydrogen-bond acceptors (Lipinski definition) is 5. The summed E-state index contributed by atoms with van der Waals surface area (Å²) in [5.41, 5.74) is 2.33. The van der Waals surface area contributed by atoms with Gasteiger partial charge < -0.3 is 9.80 Å². The van der Waals surface area contributed by atoms with E-state index in [4.69, 9.17) is 4.98 Å². The van der Waals surface area contributed by atoms with Crippen molar-refractivity contribution in [1.29, 1.82) is 0 Å². The number of aromatic nitrogens is 2. The molecule has 1 aliphatic heterocycles. The smallest absolute Gasteiger partial charge is 0.230 e. The van der Waals surface area contributed by atoms with Crippen molar-refractivity contribution in [1.82, 2.24) is 14.3 Å². The first kappa shape index (κ1) is 19.6. The molecule has 0 N–H and O–H groups in total. The van der Waals surface area contributed by atoms with Gasteiger partial charge in [-0.25, -0.2) is 4.98 Å². The summed E-state index contributed by atoms with van der Waals surface area (Å²) in [6.07, 6.45) is 1.58. The van der Waals surface area contributed by atoms with Crippen LogP contribution in [0.5, 0.6) is 0 Å². The second kappa shape index (κ2) is 9.18. The summed E-state index contributed by atoms with van der Waals surface area (Å²) < 4.78 is 4.53. The van der Waals surface area contributed by atoms with E-state index in [0.717, 1.165) is 55.5 Å². The van der Waals surface area contributed by atoms with Gasteiger partial charge in [0, 0.05) is 44.1 Å². The van der Waals surface area contributed by atoms with E-state index in [0.29, 0.717) is 0 Å². The third-order valence-corrected chi connectivity index (χ3v) is 6.25. The Balaban J connectivity index is 1.35. The van der Waals surface area contributed by atoms with Crippen molar-refractivity contribution in [3.8, 4) is 0 Å². The molecule has 0 radical (unpaired) electrons. The minimum absolute atomic E-state index is 0.0539. The number of amides is 1. The molecule has 3 aromatic rings. The molecule has 1 aromatic heterocycles. The minimum atomic E-state index is -0.0539. The van der Waals surface area contributed by atoms with Gasteiger partial charge in [-0.05, 0) is 17.5 Å². The Labute approximate surface area is 176 Å². The molecule has 150 valence electrons. The van der Waals surface area contributed by atoms with Gasteiger partial charge in [-0.1, -0.05) is 67.6 Å². The van der Waals surface area contributed by atoms with Crippen LogP contribution in [-0.4, -0.2) is 46.3 Å². The molecular weight excluding hydrogens is 380 g/mol. The average molecular weight is 407 g/mol. The molecule has 29 heavy (non-hydrogen) atoms. The molecule has 1 aliphatic rings. The Morgan fingerprint density at radius 3 is 2.31 bits per heavy atom. The lowest BCUT2D eigenvalue weighted by Crippen LogP contribution is -2.50. The third-order valence-electron chi connectivity index (χ3n) is 5.43. The monoisotopic (exact) mass is 406 g/mol. The van der Waals surface area contributed by atoms with E-state index in [2.05, 4.69) is 40.5 Å². The van der Waals surface area contributed by atoms with Crippen LogP contribution >= 0.6 is 11.5 Å². The lowest BCUT2D eigenvalue weighted by atomic mass is 9.95. The number of piperazine rings is 1. The fraction of sp³-hybridized carbons (Fsp3) is 0.348. The summed E-state index contributed by atoms with van der Waals surface area (Å²) in [4.78, 5) is 22.0. The van der Waals surface area contributed by atoms with E-state index in [1.807, 2.05) is 41.3 Å². The molecule has 4 rings (SSSR count). The second-order valence-corrected chi connectivity index (χ2v) is 8.07. The largest absolute Gasteiger partial charge is 0.343 e. The lowest BCUT2D eigenvalue weighted by molar-refractivity contribution is -0.133. The molecule has 0 saturated carbocycles. The quantitative estimate of drug-likeness (QED) is 0.621. The van der Waals surface area contributed by atoms with Crippen LogP contribution in [0.2, 0.25) is 0 Å². The number of carbonyl (C=O) groups is 1. The number of carbonyl (C=O) groups excluding carboxylic acids is 1. The fourth-order valence-electron chi connectivity index (χ4n) is 3.80. The number of hydrogen-bond donors (Lipinski definition) is 0. The molecule has 1 atom stereocenters. The van der Waals surface area contributed by atoms with Crippen molar-refractivity contribution in [2.75, 3.05) is 31.1 Å². The number of benzene rings is 2. The van der Waals surface area contributed by atoms with Gasteiger partial charge in [0.1, 0.15) is 5.82 Å². The van der Waals surface area contributed by atoms with Gasteiger partial charge in [0.2, 0.25) is 11.0 Å².